The van der Waals surface area contributed by atoms with E-state index in [-0.39, 0.29) is 5.75 Å². The second kappa shape index (κ2) is 2.58. The van der Waals surface area contributed by atoms with Crippen molar-refractivity contribution in [2.45, 2.75) is 5.75 Å². The minimum Gasteiger partial charge on any atom is -0.266 e. The lowest BCUT2D eigenvalue weighted by molar-refractivity contribution is 0.612. The summed E-state index contributed by atoms with van der Waals surface area (Å²) in [5.41, 5.74) is 0. The van der Waals surface area contributed by atoms with Crippen LogP contribution in [-0.2, 0) is 16.5 Å². The van der Waals surface area contributed by atoms with Crippen LogP contribution in [0.3, 0.4) is 0 Å². The first-order chi connectivity index (χ1) is 4.29. The van der Waals surface area contributed by atoms with Gasteiger partial charge in [-0.3, -0.25) is 5.10 Å². The largest absolute Gasteiger partial charge is 0.266 e. The van der Waals surface area contributed by atoms with Gasteiger partial charge in [-0.1, -0.05) is 0 Å². The van der Waals surface area contributed by atoms with Crippen molar-refractivity contribution in [3.8, 4) is 0 Å². The van der Waals surface area contributed by atoms with Crippen LogP contribution in [0.15, 0.2) is 6.33 Å². The molecule has 0 saturated carbocycles. The summed E-state index contributed by atoms with van der Waals surface area (Å²) < 4.78 is 20.0. The molecule has 1 aromatic rings. The topological polar surface area (TPSA) is 75.7 Å². The number of thiol groups is 1. The van der Waals surface area contributed by atoms with E-state index in [1.54, 1.807) is 0 Å². The quantitative estimate of drug-likeness (QED) is 0.521. The van der Waals surface area contributed by atoms with Gasteiger partial charge in [-0.2, -0.15) is 5.10 Å². The highest BCUT2D eigenvalue weighted by molar-refractivity contribution is 7.71. The Morgan fingerprint density at radius 3 is 2.89 bits per heavy atom. The summed E-state index contributed by atoms with van der Waals surface area (Å²) in [5, 5.41) is 5.94. The second-order valence-electron chi connectivity index (χ2n) is 1.41. The van der Waals surface area contributed by atoms with E-state index in [0.717, 1.165) is 0 Å². The van der Waals surface area contributed by atoms with Gasteiger partial charge in [0.15, 0.2) is 5.82 Å². The summed E-state index contributed by atoms with van der Waals surface area (Å²) in [5.74, 6) is 0.227. The molecule has 0 atom stereocenters. The molecule has 9 heavy (non-hydrogen) atoms. The fourth-order valence-electron chi connectivity index (χ4n) is 0.427. The maximum absolute atomic E-state index is 10.0. The van der Waals surface area contributed by atoms with Crippen molar-refractivity contribution in [3.63, 3.8) is 0 Å². The predicted octanol–water partition coefficient (Wildman–Crippen LogP) is -1.08. The molecular formula is C3H5N3O2S. The van der Waals surface area contributed by atoms with Crippen LogP contribution < -0.4 is 0 Å². The average molecular weight is 147 g/mol. The monoisotopic (exact) mass is 147 g/mol. The average Bonchev–Trinajstić information content (AvgIpc) is 2.15. The van der Waals surface area contributed by atoms with Crippen molar-refractivity contribution in [1.29, 1.82) is 0 Å². The van der Waals surface area contributed by atoms with Gasteiger partial charge in [0.2, 0.25) is 0 Å². The van der Waals surface area contributed by atoms with E-state index in [1.807, 2.05) is 0 Å². The summed E-state index contributed by atoms with van der Waals surface area (Å²) in [6.45, 7) is 0. The first kappa shape index (κ1) is 6.21. The molecule has 1 rings (SSSR count). The Balaban J connectivity index is 2.68. The fourth-order valence-corrected chi connectivity index (χ4v) is 0.811. The molecule has 0 aliphatic heterocycles. The molecule has 0 aromatic carbocycles. The molecule has 1 heterocycles. The predicted molar refractivity (Wildman–Crippen MR) is 30.4 cm³/mol. The van der Waals surface area contributed by atoms with Crippen LogP contribution in [0, 0.1) is 0 Å². The Hall–Kier alpha value is -0.910. The molecule has 0 amide bonds. The Bertz CT molecular complexity index is 232. The summed E-state index contributed by atoms with van der Waals surface area (Å²) >= 11 is 0. The SMILES string of the molecule is O=[SH](=O)Cc1nc[nH]n1. The van der Waals surface area contributed by atoms with E-state index < -0.39 is 10.7 Å². The third-order valence-corrected chi connectivity index (χ3v) is 1.28. The molecule has 50 valence electrons. The number of aromatic amines is 1. The smallest absolute Gasteiger partial charge is 0.165 e. The van der Waals surface area contributed by atoms with Gasteiger partial charge in [0.1, 0.15) is 22.8 Å². The zero-order valence-electron chi connectivity index (χ0n) is 4.44. The minimum atomic E-state index is -2.40. The Morgan fingerprint density at radius 1 is 1.67 bits per heavy atom. The summed E-state index contributed by atoms with van der Waals surface area (Å²) in [7, 11) is -2.40. The molecule has 0 bridgehead atoms. The normalized spacial score (nSPS) is 10.3. The molecule has 5 nitrogen and oxygen atoms in total. The molecule has 0 unspecified atom stereocenters. The highest BCUT2D eigenvalue weighted by atomic mass is 32.2. The molecule has 6 heteroatoms. The highest BCUT2D eigenvalue weighted by Crippen LogP contribution is 1.85. The third-order valence-electron chi connectivity index (χ3n) is 0.735. The summed E-state index contributed by atoms with van der Waals surface area (Å²) in [6, 6.07) is 0. The molecule has 0 aliphatic carbocycles. The van der Waals surface area contributed by atoms with Gasteiger partial charge in [-0.15, -0.1) is 0 Å². The lowest BCUT2D eigenvalue weighted by Gasteiger charge is -1.77. The molecule has 0 fully saturated rings. The fraction of sp³-hybridized carbons (Fsp3) is 0.333. The second-order valence-corrected chi connectivity index (χ2v) is 2.39. The van der Waals surface area contributed by atoms with Gasteiger partial charge < -0.3 is 0 Å². The van der Waals surface area contributed by atoms with Crippen LogP contribution in [-0.4, -0.2) is 23.6 Å². The maximum Gasteiger partial charge on any atom is 0.165 e. The number of nitrogens with one attached hydrogen (secondary N) is 1. The number of hydrogen-bond acceptors (Lipinski definition) is 4. The van der Waals surface area contributed by atoms with Gasteiger partial charge in [-0.05, 0) is 0 Å². The first-order valence-corrected chi connectivity index (χ1v) is 3.62. The maximum atomic E-state index is 10.0. The number of aromatic nitrogens is 3. The van der Waals surface area contributed by atoms with Crippen LogP contribution in [0.2, 0.25) is 0 Å². The third kappa shape index (κ3) is 1.80. The van der Waals surface area contributed by atoms with Crippen molar-refractivity contribution < 1.29 is 8.42 Å². The van der Waals surface area contributed by atoms with Crippen molar-refractivity contribution in [3.05, 3.63) is 12.2 Å². The highest BCUT2D eigenvalue weighted by Gasteiger charge is 1.94. The zero-order chi connectivity index (χ0) is 6.69. The van der Waals surface area contributed by atoms with Crippen molar-refractivity contribution >= 4 is 10.7 Å². The standard InChI is InChI=1S/C3H5N3O2S/c7-9(8)1-3-4-2-5-6-3/h2,9H,1H2,(H,4,5,6). The molecule has 0 aliphatic rings. The molecule has 0 radical (unpaired) electrons. The van der Waals surface area contributed by atoms with E-state index in [4.69, 9.17) is 0 Å². The van der Waals surface area contributed by atoms with E-state index in [9.17, 15) is 8.42 Å². The molecule has 0 saturated heterocycles. The van der Waals surface area contributed by atoms with Gasteiger partial charge in [-0.25, -0.2) is 13.4 Å². The van der Waals surface area contributed by atoms with Gasteiger partial charge in [0.05, 0.1) is 0 Å². The lowest BCUT2D eigenvalue weighted by Crippen LogP contribution is -1.88. The number of hydrogen-bond donors (Lipinski definition) is 2. The van der Waals surface area contributed by atoms with Crippen LogP contribution >= 0.6 is 0 Å². The minimum absolute atomic E-state index is 0.0845. The van der Waals surface area contributed by atoms with Crippen molar-refractivity contribution in [1.82, 2.24) is 15.2 Å². The molecular weight excluding hydrogens is 142 g/mol. The number of rotatable bonds is 2. The lowest BCUT2D eigenvalue weighted by atomic mass is 10.7. The van der Waals surface area contributed by atoms with Crippen LogP contribution in [0.25, 0.3) is 0 Å². The molecule has 1 N–H and O–H groups in total. The van der Waals surface area contributed by atoms with Crippen LogP contribution in [0.4, 0.5) is 0 Å². The molecule has 1 aromatic heterocycles. The van der Waals surface area contributed by atoms with Gasteiger partial charge in [0.25, 0.3) is 0 Å². The summed E-state index contributed by atoms with van der Waals surface area (Å²) in [4.78, 5) is 3.61. The first-order valence-electron chi connectivity index (χ1n) is 2.25. The van der Waals surface area contributed by atoms with Gasteiger partial charge in [0, 0.05) is 0 Å². The van der Waals surface area contributed by atoms with Crippen LogP contribution in [0.5, 0.6) is 0 Å². The summed E-state index contributed by atoms with van der Waals surface area (Å²) in [6.07, 6.45) is 1.34. The van der Waals surface area contributed by atoms with E-state index in [1.165, 1.54) is 6.33 Å². The Kier molecular flexibility index (Phi) is 1.78. The van der Waals surface area contributed by atoms with E-state index >= 15 is 0 Å². The Labute approximate surface area is 53.1 Å². The molecule has 0 spiro atoms. The number of H-pyrrole nitrogens is 1. The zero-order valence-corrected chi connectivity index (χ0v) is 5.34. The Morgan fingerprint density at radius 2 is 2.44 bits per heavy atom. The van der Waals surface area contributed by atoms with E-state index in [0.29, 0.717) is 5.82 Å². The van der Waals surface area contributed by atoms with Crippen molar-refractivity contribution in [2.75, 3.05) is 0 Å². The van der Waals surface area contributed by atoms with Gasteiger partial charge >= 0.3 is 0 Å². The van der Waals surface area contributed by atoms with E-state index in [2.05, 4.69) is 15.2 Å². The van der Waals surface area contributed by atoms with Crippen molar-refractivity contribution in [2.24, 2.45) is 0 Å². The van der Waals surface area contributed by atoms with Crippen LogP contribution in [0.1, 0.15) is 5.82 Å². The number of nitrogens with zero attached hydrogens (tertiary/aromatic N) is 2.